The van der Waals surface area contributed by atoms with Gasteiger partial charge in [0.2, 0.25) is 0 Å². The van der Waals surface area contributed by atoms with Gasteiger partial charge in [-0.2, -0.15) is 0 Å². The monoisotopic (exact) mass is 231 g/mol. The van der Waals surface area contributed by atoms with Gasteiger partial charge in [-0.25, -0.2) is 0 Å². The number of ether oxygens (including phenoxy) is 3. The second-order valence-electron chi connectivity index (χ2n) is 5.19. The minimum Gasteiger partial charge on any atom is -0.374 e. The summed E-state index contributed by atoms with van der Waals surface area (Å²) in [4.78, 5) is 0. The van der Waals surface area contributed by atoms with Crippen LogP contribution in [-0.2, 0) is 14.2 Å². The molecule has 0 bridgehead atoms. The van der Waals surface area contributed by atoms with Gasteiger partial charge in [0.1, 0.15) is 0 Å². The van der Waals surface area contributed by atoms with Crippen LogP contribution in [0.25, 0.3) is 0 Å². The van der Waals surface area contributed by atoms with Crippen molar-refractivity contribution in [2.75, 3.05) is 19.8 Å². The Hall–Kier alpha value is -0.160. The van der Waals surface area contributed by atoms with Crippen molar-refractivity contribution in [2.45, 2.75) is 58.0 Å². The van der Waals surface area contributed by atoms with Crippen molar-refractivity contribution >= 4 is 0 Å². The van der Waals surface area contributed by atoms with Crippen molar-refractivity contribution in [3.05, 3.63) is 0 Å². The van der Waals surface area contributed by atoms with Gasteiger partial charge in [0.25, 0.3) is 0 Å². The molecular weight excluding hydrogens is 206 g/mol. The molecule has 0 aromatic heterocycles. The van der Waals surface area contributed by atoms with Crippen molar-refractivity contribution in [1.29, 1.82) is 0 Å². The molecule has 0 heterocycles. The van der Waals surface area contributed by atoms with Gasteiger partial charge in [-0.05, 0) is 34.1 Å². The maximum atomic E-state index is 5.84. The first kappa shape index (κ1) is 13.9. The lowest BCUT2D eigenvalue weighted by atomic mass is 9.86. The second kappa shape index (κ2) is 5.96. The fraction of sp³-hybridized carbons (Fsp3) is 1.00. The third-order valence-corrected chi connectivity index (χ3v) is 2.60. The summed E-state index contributed by atoms with van der Waals surface area (Å²) in [5.74, 6) is 0. The molecule has 4 heteroatoms. The number of hydrogen-bond donors (Lipinski definition) is 1. The number of hydrogen-bond acceptors (Lipinski definition) is 4. The van der Waals surface area contributed by atoms with E-state index in [4.69, 9.17) is 19.9 Å². The van der Waals surface area contributed by atoms with E-state index in [1.165, 1.54) is 0 Å². The van der Waals surface area contributed by atoms with Crippen molar-refractivity contribution in [1.82, 2.24) is 0 Å². The van der Waals surface area contributed by atoms with E-state index in [0.717, 1.165) is 6.42 Å². The molecule has 1 saturated carbocycles. The molecule has 0 amide bonds. The van der Waals surface area contributed by atoms with Crippen LogP contribution in [-0.4, -0.2) is 43.7 Å². The maximum Gasteiger partial charge on any atom is 0.0988 e. The first-order valence-corrected chi connectivity index (χ1v) is 6.07. The van der Waals surface area contributed by atoms with Gasteiger partial charge in [0.15, 0.2) is 0 Å². The largest absolute Gasteiger partial charge is 0.374 e. The Morgan fingerprint density at radius 1 is 1.19 bits per heavy atom. The summed E-state index contributed by atoms with van der Waals surface area (Å²) >= 11 is 0. The van der Waals surface area contributed by atoms with Crippen LogP contribution in [0.2, 0.25) is 0 Å². The van der Waals surface area contributed by atoms with E-state index in [1.807, 2.05) is 27.7 Å². The van der Waals surface area contributed by atoms with E-state index in [2.05, 4.69) is 0 Å². The minimum atomic E-state index is -0.0985. The van der Waals surface area contributed by atoms with Crippen LogP contribution in [0.4, 0.5) is 0 Å². The molecule has 0 spiro atoms. The van der Waals surface area contributed by atoms with E-state index in [0.29, 0.717) is 19.8 Å². The summed E-state index contributed by atoms with van der Waals surface area (Å²) in [6.45, 7) is 10.0. The summed E-state index contributed by atoms with van der Waals surface area (Å²) in [6, 6.07) is 0.133. The summed E-state index contributed by atoms with van der Waals surface area (Å²) in [7, 11) is 0. The molecule has 1 fully saturated rings. The molecule has 0 aromatic carbocycles. The van der Waals surface area contributed by atoms with Gasteiger partial charge in [0, 0.05) is 12.6 Å². The molecule has 0 radical (unpaired) electrons. The molecule has 0 aliphatic heterocycles. The Labute approximate surface area is 98.4 Å². The third-order valence-electron chi connectivity index (χ3n) is 2.60. The molecule has 96 valence electrons. The molecule has 3 atom stereocenters. The quantitative estimate of drug-likeness (QED) is 0.701. The standard InChI is InChI=1S/C12H25NO3/c1-5-14-11-9(13)8-10(11)15-6-7-16-12(2,3)4/h9-11H,5-8,13H2,1-4H3. The van der Waals surface area contributed by atoms with Crippen molar-refractivity contribution in [3.8, 4) is 0 Å². The molecule has 3 unspecified atom stereocenters. The molecule has 4 nitrogen and oxygen atoms in total. The molecule has 0 aromatic rings. The van der Waals surface area contributed by atoms with E-state index < -0.39 is 0 Å². The molecule has 1 aliphatic carbocycles. The summed E-state index contributed by atoms with van der Waals surface area (Å²) in [5, 5.41) is 0. The van der Waals surface area contributed by atoms with Crippen LogP contribution in [0.1, 0.15) is 34.1 Å². The van der Waals surface area contributed by atoms with Crippen LogP contribution in [0.3, 0.4) is 0 Å². The maximum absolute atomic E-state index is 5.84. The van der Waals surface area contributed by atoms with E-state index in [-0.39, 0.29) is 23.9 Å². The topological polar surface area (TPSA) is 53.7 Å². The highest BCUT2D eigenvalue weighted by Crippen LogP contribution is 2.25. The summed E-state index contributed by atoms with van der Waals surface area (Å²) in [5.41, 5.74) is 5.74. The Kier molecular flexibility index (Phi) is 5.18. The zero-order valence-corrected chi connectivity index (χ0v) is 10.9. The summed E-state index contributed by atoms with van der Waals surface area (Å²) < 4.78 is 16.8. The fourth-order valence-corrected chi connectivity index (χ4v) is 1.75. The average Bonchev–Trinajstić information content (AvgIpc) is 2.17. The molecule has 0 saturated heterocycles. The lowest BCUT2D eigenvalue weighted by molar-refractivity contribution is -0.149. The van der Waals surface area contributed by atoms with Crippen LogP contribution < -0.4 is 5.73 Å². The average molecular weight is 231 g/mol. The smallest absolute Gasteiger partial charge is 0.0988 e. The molecule has 1 rings (SSSR count). The fourth-order valence-electron chi connectivity index (χ4n) is 1.75. The number of nitrogens with two attached hydrogens (primary N) is 1. The number of rotatable bonds is 6. The Bertz CT molecular complexity index is 203. The molecule has 1 aliphatic rings. The van der Waals surface area contributed by atoms with E-state index in [9.17, 15) is 0 Å². The van der Waals surface area contributed by atoms with Crippen LogP contribution in [0.5, 0.6) is 0 Å². The first-order chi connectivity index (χ1) is 7.44. The van der Waals surface area contributed by atoms with Crippen molar-refractivity contribution in [3.63, 3.8) is 0 Å². The third kappa shape index (κ3) is 4.37. The summed E-state index contributed by atoms with van der Waals surface area (Å²) in [6.07, 6.45) is 1.11. The lowest BCUT2D eigenvalue weighted by Crippen LogP contribution is -2.58. The Morgan fingerprint density at radius 2 is 1.88 bits per heavy atom. The normalized spacial score (nSPS) is 30.2. The van der Waals surface area contributed by atoms with Crippen LogP contribution in [0, 0.1) is 0 Å². The van der Waals surface area contributed by atoms with Gasteiger partial charge in [-0.15, -0.1) is 0 Å². The van der Waals surface area contributed by atoms with E-state index >= 15 is 0 Å². The lowest BCUT2D eigenvalue weighted by Gasteiger charge is -2.41. The molecule has 16 heavy (non-hydrogen) atoms. The van der Waals surface area contributed by atoms with Gasteiger partial charge < -0.3 is 19.9 Å². The Morgan fingerprint density at radius 3 is 2.38 bits per heavy atom. The Balaban J connectivity index is 2.10. The predicted octanol–water partition coefficient (Wildman–Crippen LogP) is 1.32. The minimum absolute atomic E-state index is 0.0691. The van der Waals surface area contributed by atoms with Crippen LogP contribution >= 0.6 is 0 Å². The SMILES string of the molecule is CCOC1C(N)CC1OCCOC(C)(C)C. The van der Waals surface area contributed by atoms with E-state index in [1.54, 1.807) is 0 Å². The van der Waals surface area contributed by atoms with Crippen molar-refractivity contribution < 1.29 is 14.2 Å². The predicted molar refractivity (Wildman–Crippen MR) is 63.5 cm³/mol. The zero-order chi connectivity index (χ0) is 12.2. The molecular formula is C12H25NO3. The molecule has 2 N–H and O–H groups in total. The zero-order valence-electron chi connectivity index (χ0n) is 10.9. The van der Waals surface area contributed by atoms with Gasteiger partial charge in [-0.1, -0.05) is 0 Å². The highest BCUT2D eigenvalue weighted by atomic mass is 16.6. The van der Waals surface area contributed by atoms with Gasteiger partial charge in [-0.3, -0.25) is 0 Å². The highest BCUT2D eigenvalue weighted by Gasteiger charge is 2.40. The second-order valence-corrected chi connectivity index (χ2v) is 5.19. The van der Waals surface area contributed by atoms with Crippen molar-refractivity contribution in [2.24, 2.45) is 5.73 Å². The first-order valence-electron chi connectivity index (χ1n) is 6.07. The van der Waals surface area contributed by atoms with Gasteiger partial charge >= 0.3 is 0 Å². The highest BCUT2D eigenvalue weighted by molar-refractivity contribution is 4.95. The van der Waals surface area contributed by atoms with Crippen LogP contribution in [0.15, 0.2) is 0 Å². The van der Waals surface area contributed by atoms with Gasteiger partial charge in [0.05, 0.1) is 31.0 Å².